The molecule has 0 aliphatic carbocycles. The molecule has 0 radical (unpaired) electrons. The second-order valence-electron chi connectivity index (χ2n) is 5.92. The largest absolute Gasteiger partial charge is 0.489 e. The third-order valence-electron chi connectivity index (χ3n) is 4.17. The minimum atomic E-state index is -0.792. The number of benzene rings is 3. The smallest absolute Gasteiger partial charge is 0.139 e. The molecule has 4 aromatic rings. The van der Waals surface area contributed by atoms with E-state index in [2.05, 4.69) is 40.3 Å². The van der Waals surface area contributed by atoms with Gasteiger partial charge in [-0.05, 0) is 40.1 Å². The van der Waals surface area contributed by atoms with Crippen LogP contribution in [0.1, 0.15) is 23.1 Å². The van der Waals surface area contributed by atoms with Crippen LogP contribution in [0.3, 0.4) is 0 Å². The zero-order chi connectivity index (χ0) is 17.1. The highest BCUT2D eigenvalue weighted by atomic mass is 16.5. The number of aromatic amines is 1. The first kappa shape index (κ1) is 15.4. The highest BCUT2D eigenvalue weighted by Gasteiger charge is 2.13. The van der Waals surface area contributed by atoms with Gasteiger partial charge in [0, 0.05) is 12.4 Å². The van der Waals surface area contributed by atoms with E-state index in [9.17, 15) is 5.11 Å². The summed E-state index contributed by atoms with van der Waals surface area (Å²) in [6, 6.07) is 22.0. The van der Waals surface area contributed by atoms with E-state index in [0.717, 1.165) is 16.9 Å². The Morgan fingerprint density at radius 1 is 0.960 bits per heavy atom. The van der Waals surface area contributed by atoms with Crippen LogP contribution in [0, 0.1) is 0 Å². The maximum absolute atomic E-state index is 10.4. The van der Waals surface area contributed by atoms with Crippen LogP contribution in [0.2, 0.25) is 0 Å². The number of nitrogens with one attached hydrogen (secondary N) is 1. The molecule has 0 aliphatic rings. The van der Waals surface area contributed by atoms with Crippen LogP contribution in [-0.4, -0.2) is 15.1 Å². The van der Waals surface area contributed by atoms with Gasteiger partial charge in [-0.15, -0.1) is 0 Å². The van der Waals surface area contributed by atoms with Crippen molar-refractivity contribution >= 4 is 10.8 Å². The molecule has 0 aliphatic heterocycles. The van der Waals surface area contributed by atoms with Gasteiger partial charge >= 0.3 is 0 Å². The fourth-order valence-electron chi connectivity index (χ4n) is 2.85. The van der Waals surface area contributed by atoms with Crippen molar-refractivity contribution in [3.05, 3.63) is 96.1 Å². The number of hydrogen-bond donors (Lipinski definition) is 2. The number of hydrogen-bond acceptors (Lipinski definition) is 3. The molecule has 25 heavy (non-hydrogen) atoms. The average molecular weight is 330 g/mol. The lowest BCUT2D eigenvalue weighted by molar-refractivity contribution is 0.210. The first-order chi connectivity index (χ1) is 12.3. The SMILES string of the molecule is OC(c1cccc(OCc2ccc3ccccc3c2)c1)c1ncc[nH]1. The standard InChI is InChI=1S/C21H18N2O2/c24-20(21-22-10-11-23-21)18-6-3-7-19(13-18)25-14-15-8-9-16-4-1-2-5-17(16)12-15/h1-13,20,24H,14H2,(H,22,23). The van der Waals surface area contributed by atoms with Gasteiger partial charge in [-0.3, -0.25) is 0 Å². The molecule has 4 nitrogen and oxygen atoms in total. The zero-order valence-corrected chi connectivity index (χ0v) is 13.6. The van der Waals surface area contributed by atoms with Crippen molar-refractivity contribution in [1.82, 2.24) is 9.97 Å². The quantitative estimate of drug-likeness (QED) is 0.576. The van der Waals surface area contributed by atoms with E-state index in [0.29, 0.717) is 12.4 Å². The van der Waals surface area contributed by atoms with Crippen LogP contribution in [0.5, 0.6) is 5.75 Å². The van der Waals surface area contributed by atoms with Crippen molar-refractivity contribution in [3.63, 3.8) is 0 Å². The van der Waals surface area contributed by atoms with Crippen LogP contribution in [0.15, 0.2) is 79.1 Å². The van der Waals surface area contributed by atoms with Gasteiger partial charge < -0.3 is 14.8 Å². The highest BCUT2D eigenvalue weighted by Crippen LogP contribution is 2.24. The minimum Gasteiger partial charge on any atom is -0.489 e. The van der Waals surface area contributed by atoms with E-state index in [1.54, 1.807) is 12.4 Å². The highest BCUT2D eigenvalue weighted by molar-refractivity contribution is 5.82. The summed E-state index contributed by atoms with van der Waals surface area (Å²) >= 11 is 0. The average Bonchev–Trinajstić information content (AvgIpc) is 3.20. The molecule has 0 spiro atoms. The zero-order valence-electron chi connectivity index (χ0n) is 13.6. The number of aliphatic hydroxyl groups is 1. The summed E-state index contributed by atoms with van der Waals surface area (Å²) in [5.74, 6) is 1.24. The van der Waals surface area contributed by atoms with Gasteiger partial charge in [-0.1, -0.05) is 48.5 Å². The number of aliphatic hydroxyl groups excluding tert-OH is 1. The predicted molar refractivity (Wildman–Crippen MR) is 97.4 cm³/mol. The lowest BCUT2D eigenvalue weighted by Crippen LogP contribution is -2.02. The van der Waals surface area contributed by atoms with Crippen molar-refractivity contribution in [2.45, 2.75) is 12.7 Å². The molecule has 1 unspecified atom stereocenters. The summed E-state index contributed by atoms with van der Waals surface area (Å²) in [7, 11) is 0. The maximum Gasteiger partial charge on any atom is 0.139 e. The fraction of sp³-hybridized carbons (Fsp3) is 0.0952. The number of fused-ring (bicyclic) bond motifs is 1. The van der Waals surface area contributed by atoms with E-state index in [1.165, 1.54) is 10.8 Å². The van der Waals surface area contributed by atoms with E-state index < -0.39 is 6.10 Å². The second-order valence-corrected chi connectivity index (χ2v) is 5.92. The molecule has 2 N–H and O–H groups in total. The molecule has 1 heterocycles. The normalized spacial score (nSPS) is 12.2. The van der Waals surface area contributed by atoms with Crippen LogP contribution >= 0.6 is 0 Å². The van der Waals surface area contributed by atoms with Crippen LogP contribution in [0.4, 0.5) is 0 Å². The van der Waals surface area contributed by atoms with Crippen molar-refractivity contribution < 1.29 is 9.84 Å². The molecule has 0 bridgehead atoms. The lowest BCUT2D eigenvalue weighted by atomic mass is 10.1. The van der Waals surface area contributed by atoms with Gasteiger partial charge in [0.15, 0.2) is 0 Å². The summed E-state index contributed by atoms with van der Waals surface area (Å²) in [6.45, 7) is 0.477. The topological polar surface area (TPSA) is 58.1 Å². The van der Waals surface area contributed by atoms with Gasteiger partial charge in [0.1, 0.15) is 24.3 Å². The van der Waals surface area contributed by atoms with E-state index in [1.807, 2.05) is 36.4 Å². The van der Waals surface area contributed by atoms with E-state index in [4.69, 9.17) is 4.74 Å². The Balaban J connectivity index is 1.49. The Labute approximate surface area is 145 Å². The number of imidazole rings is 1. The molecule has 1 atom stereocenters. The Morgan fingerprint density at radius 2 is 1.84 bits per heavy atom. The van der Waals surface area contributed by atoms with Crippen LogP contribution in [-0.2, 0) is 6.61 Å². The van der Waals surface area contributed by atoms with Crippen molar-refractivity contribution in [1.29, 1.82) is 0 Å². The molecular weight excluding hydrogens is 312 g/mol. The molecule has 1 aromatic heterocycles. The molecule has 3 aromatic carbocycles. The Morgan fingerprint density at radius 3 is 2.68 bits per heavy atom. The van der Waals surface area contributed by atoms with E-state index in [-0.39, 0.29) is 0 Å². The summed E-state index contributed by atoms with van der Waals surface area (Å²) in [5.41, 5.74) is 1.85. The maximum atomic E-state index is 10.4. The lowest BCUT2D eigenvalue weighted by Gasteiger charge is -2.11. The van der Waals surface area contributed by atoms with E-state index >= 15 is 0 Å². The number of rotatable bonds is 5. The Kier molecular flexibility index (Phi) is 4.19. The van der Waals surface area contributed by atoms with Crippen LogP contribution < -0.4 is 4.74 Å². The van der Waals surface area contributed by atoms with Gasteiger partial charge in [0.05, 0.1) is 0 Å². The number of aromatic nitrogens is 2. The summed E-state index contributed by atoms with van der Waals surface area (Å²) in [6.07, 6.45) is 2.52. The first-order valence-corrected chi connectivity index (χ1v) is 8.17. The number of ether oxygens (including phenoxy) is 1. The molecule has 0 saturated heterocycles. The number of H-pyrrole nitrogens is 1. The number of nitrogens with zero attached hydrogens (tertiary/aromatic N) is 1. The molecule has 0 saturated carbocycles. The third kappa shape index (κ3) is 3.39. The van der Waals surface area contributed by atoms with Crippen molar-refractivity contribution in [3.8, 4) is 5.75 Å². The fourth-order valence-corrected chi connectivity index (χ4v) is 2.85. The van der Waals surface area contributed by atoms with Gasteiger partial charge in [-0.25, -0.2) is 4.98 Å². The molecule has 4 rings (SSSR count). The summed E-state index contributed by atoms with van der Waals surface area (Å²) in [4.78, 5) is 7.03. The molecular formula is C21H18N2O2. The Hall–Kier alpha value is -3.11. The second kappa shape index (κ2) is 6.79. The van der Waals surface area contributed by atoms with Gasteiger partial charge in [0.25, 0.3) is 0 Å². The first-order valence-electron chi connectivity index (χ1n) is 8.17. The minimum absolute atomic E-state index is 0.477. The summed E-state index contributed by atoms with van der Waals surface area (Å²) < 4.78 is 5.91. The van der Waals surface area contributed by atoms with Gasteiger partial charge in [-0.2, -0.15) is 0 Å². The third-order valence-corrected chi connectivity index (χ3v) is 4.17. The molecule has 4 heteroatoms. The monoisotopic (exact) mass is 330 g/mol. The molecule has 124 valence electrons. The van der Waals surface area contributed by atoms with Crippen LogP contribution in [0.25, 0.3) is 10.8 Å². The Bertz CT molecular complexity index is 980. The predicted octanol–water partition coefficient (Wildman–Crippen LogP) is 4.22. The van der Waals surface area contributed by atoms with Crippen molar-refractivity contribution in [2.24, 2.45) is 0 Å². The van der Waals surface area contributed by atoms with Crippen molar-refractivity contribution in [2.75, 3.05) is 0 Å². The molecule has 0 amide bonds. The summed E-state index contributed by atoms with van der Waals surface area (Å²) in [5, 5.41) is 12.8. The molecule has 0 fully saturated rings. The van der Waals surface area contributed by atoms with Gasteiger partial charge in [0.2, 0.25) is 0 Å².